The van der Waals surface area contributed by atoms with Gasteiger partial charge in [-0.15, -0.1) is 11.3 Å². The molecule has 1 aromatic heterocycles. The van der Waals surface area contributed by atoms with Crippen LogP contribution >= 0.6 is 11.3 Å². The minimum absolute atomic E-state index is 0.0613. The lowest BCUT2D eigenvalue weighted by atomic mass is 10.1. The molecule has 0 aliphatic carbocycles. The van der Waals surface area contributed by atoms with Crippen LogP contribution in [0, 0.1) is 21.4 Å². The highest BCUT2D eigenvalue weighted by molar-refractivity contribution is 7.15. The van der Waals surface area contributed by atoms with E-state index >= 15 is 0 Å². The van der Waals surface area contributed by atoms with Crippen LogP contribution in [0.4, 0.5) is 10.8 Å². The van der Waals surface area contributed by atoms with Gasteiger partial charge < -0.3 is 0 Å². The second-order valence-corrected chi connectivity index (χ2v) is 6.88. The summed E-state index contributed by atoms with van der Waals surface area (Å²) >= 11 is 1.34. The van der Waals surface area contributed by atoms with Crippen LogP contribution in [0.15, 0.2) is 66.4 Å². The van der Waals surface area contributed by atoms with Crippen molar-refractivity contribution < 1.29 is 9.72 Å². The minimum Gasteiger partial charge on any atom is -0.297 e. The van der Waals surface area contributed by atoms with E-state index < -0.39 is 10.8 Å². The first-order valence-electron chi connectivity index (χ1n) is 8.21. The molecular formula is C20H14N4O3S. The van der Waals surface area contributed by atoms with Gasteiger partial charge in [0.15, 0.2) is 5.13 Å². The van der Waals surface area contributed by atoms with Gasteiger partial charge >= 0.3 is 0 Å². The first-order chi connectivity index (χ1) is 13.5. The van der Waals surface area contributed by atoms with E-state index in [4.69, 9.17) is 0 Å². The average molecular weight is 390 g/mol. The van der Waals surface area contributed by atoms with E-state index in [1.807, 2.05) is 36.4 Å². The molecule has 0 fully saturated rings. The summed E-state index contributed by atoms with van der Waals surface area (Å²) in [6.07, 6.45) is 3.77. The molecule has 1 amide bonds. The zero-order chi connectivity index (χ0) is 19.9. The topological polar surface area (TPSA) is 109 Å². The highest BCUT2D eigenvalue weighted by atomic mass is 32.1. The van der Waals surface area contributed by atoms with Gasteiger partial charge in [0.25, 0.3) is 11.6 Å². The Labute approximate surface area is 164 Å². The lowest BCUT2D eigenvalue weighted by molar-refractivity contribution is -0.384. The summed E-state index contributed by atoms with van der Waals surface area (Å²) in [4.78, 5) is 27.7. The fourth-order valence-electron chi connectivity index (χ4n) is 2.42. The van der Waals surface area contributed by atoms with Gasteiger partial charge in [-0.25, -0.2) is 4.98 Å². The molecule has 2 aromatic carbocycles. The van der Waals surface area contributed by atoms with Crippen molar-refractivity contribution in [3.8, 4) is 6.07 Å². The molecule has 0 saturated heterocycles. The molecule has 3 aromatic rings. The van der Waals surface area contributed by atoms with Gasteiger partial charge in [0.05, 0.1) is 4.92 Å². The molecule has 0 saturated carbocycles. The molecule has 1 N–H and O–H groups in total. The summed E-state index contributed by atoms with van der Waals surface area (Å²) in [6.45, 7) is 0. The van der Waals surface area contributed by atoms with E-state index in [2.05, 4.69) is 10.3 Å². The van der Waals surface area contributed by atoms with Crippen molar-refractivity contribution in [1.82, 2.24) is 4.98 Å². The number of nitrogens with one attached hydrogen (secondary N) is 1. The van der Waals surface area contributed by atoms with E-state index in [0.29, 0.717) is 17.1 Å². The Kier molecular flexibility index (Phi) is 5.89. The van der Waals surface area contributed by atoms with Gasteiger partial charge in [-0.3, -0.25) is 20.2 Å². The molecule has 0 atom stereocenters. The van der Waals surface area contributed by atoms with Gasteiger partial charge in [0.1, 0.15) is 11.6 Å². The number of nitro benzene ring substituents is 1. The standard InChI is InChI=1S/C20H14N4O3S/c21-12-16(10-15-6-8-17(9-7-15)24(26)27)19(25)23-20-22-13-18(28-20)11-14-4-2-1-3-5-14/h1-10,13H,11H2,(H,22,23,25). The lowest BCUT2D eigenvalue weighted by Gasteiger charge is -2.00. The number of anilines is 1. The lowest BCUT2D eigenvalue weighted by Crippen LogP contribution is -2.13. The van der Waals surface area contributed by atoms with Crippen LogP contribution in [0.3, 0.4) is 0 Å². The van der Waals surface area contributed by atoms with E-state index in [0.717, 1.165) is 10.4 Å². The second kappa shape index (κ2) is 8.70. The maximum Gasteiger partial charge on any atom is 0.269 e. The Bertz CT molecular complexity index is 1070. The summed E-state index contributed by atoms with van der Waals surface area (Å²) < 4.78 is 0. The molecule has 0 radical (unpaired) electrons. The summed E-state index contributed by atoms with van der Waals surface area (Å²) in [5.41, 5.74) is 1.48. The van der Waals surface area contributed by atoms with Crippen molar-refractivity contribution in [1.29, 1.82) is 5.26 Å². The molecule has 3 rings (SSSR count). The minimum atomic E-state index is -0.582. The maximum absolute atomic E-state index is 12.3. The number of non-ortho nitro benzene ring substituents is 1. The molecular weight excluding hydrogens is 376 g/mol. The largest absolute Gasteiger partial charge is 0.297 e. The average Bonchev–Trinajstić information content (AvgIpc) is 3.13. The van der Waals surface area contributed by atoms with E-state index in [1.165, 1.54) is 41.7 Å². The van der Waals surface area contributed by atoms with Crippen LogP contribution < -0.4 is 5.32 Å². The number of carbonyl (C=O) groups excluding carboxylic acids is 1. The molecule has 0 unspecified atom stereocenters. The number of aromatic nitrogens is 1. The Morgan fingerprint density at radius 2 is 1.93 bits per heavy atom. The Morgan fingerprint density at radius 3 is 2.57 bits per heavy atom. The zero-order valence-corrected chi connectivity index (χ0v) is 15.3. The smallest absolute Gasteiger partial charge is 0.269 e. The predicted octanol–water partition coefficient (Wildman–Crippen LogP) is 4.19. The van der Waals surface area contributed by atoms with Crippen molar-refractivity contribution in [2.24, 2.45) is 0 Å². The number of rotatable bonds is 6. The molecule has 0 spiro atoms. The molecule has 0 aliphatic heterocycles. The predicted molar refractivity (Wildman–Crippen MR) is 107 cm³/mol. The molecule has 138 valence electrons. The number of carbonyl (C=O) groups is 1. The number of hydrogen-bond donors (Lipinski definition) is 1. The van der Waals surface area contributed by atoms with Gasteiger partial charge in [-0.2, -0.15) is 5.26 Å². The van der Waals surface area contributed by atoms with Crippen LogP contribution in [0.1, 0.15) is 16.0 Å². The highest BCUT2D eigenvalue weighted by Crippen LogP contribution is 2.22. The monoisotopic (exact) mass is 390 g/mol. The van der Waals surface area contributed by atoms with Gasteiger partial charge in [-0.05, 0) is 29.3 Å². The number of nitrogens with zero attached hydrogens (tertiary/aromatic N) is 3. The van der Waals surface area contributed by atoms with Crippen LogP contribution in [-0.2, 0) is 11.2 Å². The van der Waals surface area contributed by atoms with E-state index in [1.54, 1.807) is 6.20 Å². The molecule has 1 heterocycles. The molecule has 8 heteroatoms. The number of hydrogen-bond acceptors (Lipinski definition) is 6. The summed E-state index contributed by atoms with van der Waals surface area (Å²) in [7, 11) is 0. The van der Waals surface area contributed by atoms with Gasteiger partial charge in [-0.1, -0.05) is 30.3 Å². The quantitative estimate of drug-likeness (QED) is 0.294. The van der Waals surface area contributed by atoms with E-state index in [9.17, 15) is 20.2 Å². The van der Waals surface area contributed by atoms with Crippen molar-refractivity contribution in [3.05, 3.63) is 92.5 Å². The van der Waals surface area contributed by atoms with Crippen molar-refractivity contribution >= 4 is 34.1 Å². The summed E-state index contributed by atoms with van der Waals surface area (Å²) in [5, 5.41) is 23.0. The van der Waals surface area contributed by atoms with Crippen LogP contribution in [0.2, 0.25) is 0 Å². The van der Waals surface area contributed by atoms with Crippen LogP contribution in [0.25, 0.3) is 6.08 Å². The number of nitriles is 1. The maximum atomic E-state index is 12.3. The van der Waals surface area contributed by atoms with Crippen LogP contribution in [0.5, 0.6) is 0 Å². The first-order valence-corrected chi connectivity index (χ1v) is 9.03. The Hall–Kier alpha value is -3.83. The fraction of sp³-hybridized carbons (Fsp3) is 0.0500. The normalized spacial score (nSPS) is 10.9. The fourth-order valence-corrected chi connectivity index (χ4v) is 3.26. The number of amides is 1. The number of nitro groups is 1. The summed E-state index contributed by atoms with van der Waals surface area (Å²) in [5.74, 6) is -0.582. The zero-order valence-electron chi connectivity index (χ0n) is 14.5. The highest BCUT2D eigenvalue weighted by Gasteiger charge is 2.13. The third-order valence-corrected chi connectivity index (χ3v) is 4.69. The molecule has 0 bridgehead atoms. The Morgan fingerprint density at radius 1 is 1.21 bits per heavy atom. The second-order valence-electron chi connectivity index (χ2n) is 5.77. The van der Waals surface area contributed by atoms with Gasteiger partial charge in [0, 0.05) is 29.6 Å². The van der Waals surface area contributed by atoms with Gasteiger partial charge in [0.2, 0.25) is 0 Å². The molecule has 0 aliphatic rings. The molecule has 28 heavy (non-hydrogen) atoms. The third-order valence-electron chi connectivity index (χ3n) is 3.78. The first kappa shape index (κ1) is 18.9. The number of thiazole rings is 1. The van der Waals surface area contributed by atoms with E-state index in [-0.39, 0.29) is 11.3 Å². The Balaban J connectivity index is 1.69. The van der Waals surface area contributed by atoms with Crippen molar-refractivity contribution in [2.75, 3.05) is 5.32 Å². The third kappa shape index (κ3) is 4.87. The van der Waals surface area contributed by atoms with Crippen molar-refractivity contribution in [2.45, 2.75) is 6.42 Å². The summed E-state index contributed by atoms with van der Waals surface area (Å²) in [6, 6.07) is 17.3. The van der Waals surface area contributed by atoms with Crippen molar-refractivity contribution in [3.63, 3.8) is 0 Å². The molecule has 7 nitrogen and oxygen atoms in total. The SMILES string of the molecule is N#CC(=Cc1ccc([N+](=O)[O-])cc1)C(=O)Nc1ncc(Cc2ccccc2)s1. The number of benzene rings is 2. The van der Waals surface area contributed by atoms with Crippen LogP contribution in [-0.4, -0.2) is 15.8 Å².